The standard InChI is InChI=1S/C7H12N2/c1-3-4-5-9-7(2)6-8/h3-5H,1,6,8H2,2H3/b5-4-,9-7?. The molecular formula is C7H12N2. The number of nitrogens with two attached hydrogens (primary N) is 1. The molecule has 0 aromatic carbocycles. The van der Waals surface area contributed by atoms with Crippen molar-refractivity contribution in [3.8, 4) is 0 Å². The molecule has 0 spiro atoms. The largest absolute Gasteiger partial charge is 0.325 e. The second-order valence-corrected chi connectivity index (χ2v) is 1.65. The van der Waals surface area contributed by atoms with Gasteiger partial charge in [-0.05, 0) is 13.0 Å². The quantitative estimate of drug-likeness (QED) is 0.444. The molecule has 0 bridgehead atoms. The van der Waals surface area contributed by atoms with Crippen molar-refractivity contribution in [2.24, 2.45) is 10.7 Å². The van der Waals surface area contributed by atoms with Gasteiger partial charge in [0.1, 0.15) is 0 Å². The van der Waals surface area contributed by atoms with E-state index in [9.17, 15) is 0 Å². The van der Waals surface area contributed by atoms with Crippen LogP contribution >= 0.6 is 0 Å². The van der Waals surface area contributed by atoms with Crippen LogP contribution in [0.1, 0.15) is 6.92 Å². The topological polar surface area (TPSA) is 38.4 Å². The van der Waals surface area contributed by atoms with Crippen molar-refractivity contribution in [1.29, 1.82) is 0 Å². The SMILES string of the molecule is C=C/C=C\N=C(C)CN. The monoisotopic (exact) mass is 124 g/mol. The lowest BCUT2D eigenvalue weighted by Crippen LogP contribution is -2.08. The zero-order chi connectivity index (χ0) is 7.11. The van der Waals surface area contributed by atoms with Gasteiger partial charge < -0.3 is 5.73 Å². The molecule has 0 amide bonds. The summed E-state index contributed by atoms with van der Waals surface area (Å²) in [4.78, 5) is 3.97. The third kappa shape index (κ3) is 4.97. The predicted octanol–water partition coefficient (Wildman–Crippen LogP) is 1.11. The number of rotatable bonds is 3. The highest BCUT2D eigenvalue weighted by Gasteiger charge is 1.77. The molecule has 0 saturated heterocycles. The van der Waals surface area contributed by atoms with Crippen molar-refractivity contribution in [3.05, 3.63) is 24.9 Å². The Labute approximate surface area is 55.8 Å². The molecule has 2 nitrogen and oxygen atoms in total. The lowest BCUT2D eigenvalue weighted by Gasteiger charge is -1.86. The minimum absolute atomic E-state index is 0.515. The number of hydrogen-bond acceptors (Lipinski definition) is 2. The second-order valence-electron chi connectivity index (χ2n) is 1.65. The van der Waals surface area contributed by atoms with Crippen molar-refractivity contribution in [2.75, 3.05) is 6.54 Å². The maximum Gasteiger partial charge on any atom is 0.0311 e. The minimum atomic E-state index is 0.515. The van der Waals surface area contributed by atoms with E-state index in [0.717, 1.165) is 5.71 Å². The molecule has 0 atom stereocenters. The zero-order valence-corrected chi connectivity index (χ0v) is 5.67. The van der Waals surface area contributed by atoms with Crippen molar-refractivity contribution in [3.63, 3.8) is 0 Å². The first kappa shape index (κ1) is 8.11. The van der Waals surface area contributed by atoms with Crippen LogP contribution in [0.3, 0.4) is 0 Å². The number of aliphatic imine (C=N–C) groups is 1. The molecule has 9 heavy (non-hydrogen) atoms. The molecule has 0 saturated carbocycles. The van der Waals surface area contributed by atoms with Gasteiger partial charge in [-0.3, -0.25) is 4.99 Å². The van der Waals surface area contributed by atoms with E-state index >= 15 is 0 Å². The Balaban J connectivity index is 3.67. The summed E-state index contributed by atoms with van der Waals surface area (Å²) in [6.45, 7) is 5.89. The lowest BCUT2D eigenvalue weighted by atomic mass is 10.4. The van der Waals surface area contributed by atoms with Crippen molar-refractivity contribution in [2.45, 2.75) is 6.92 Å². The molecule has 0 aliphatic rings. The van der Waals surface area contributed by atoms with Crippen LogP contribution in [-0.2, 0) is 0 Å². The van der Waals surface area contributed by atoms with Crippen LogP contribution in [0.15, 0.2) is 29.9 Å². The smallest absolute Gasteiger partial charge is 0.0311 e. The number of nitrogens with zero attached hydrogens (tertiary/aromatic N) is 1. The van der Waals surface area contributed by atoms with Gasteiger partial charge in [-0.25, -0.2) is 0 Å². The highest BCUT2D eigenvalue weighted by molar-refractivity contribution is 5.84. The van der Waals surface area contributed by atoms with E-state index in [0.29, 0.717) is 6.54 Å². The Kier molecular flexibility index (Phi) is 4.73. The third-order valence-corrected chi connectivity index (χ3v) is 0.812. The predicted molar refractivity (Wildman–Crippen MR) is 41.5 cm³/mol. The summed E-state index contributed by atoms with van der Waals surface area (Å²) in [5.74, 6) is 0. The Hall–Kier alpha value is -0.890. The van der Waals surface area contributed by atoms with Crippen LogP contribution in [0.2, 0.25) is 0 Å². The van der Waals surface area contributed by atoms with Crippen LogP contribution in [0, 0.1) is 0 Å². The van der Waals surface area contributed by atoms with E-state index in [1.807, 2.05) is 6.92 Å². The molecule has 0 aromatic heterocycles. The molecule has 0 aliphatic heterocycles. The normalized spacial score (nSPS) is 12.4. The van der Waals surface area contributed by atoms with Crippen molar-refractivity contribution in [1.82, 2.24) is 0 Å². The van der Waals surface area contributed by atoms with Crippen LogP contribution in [-0.4, -0.2) is 12.3 Å². The fourth-order valence-electron chi connectivity index (χ4n) is 0.284. The lowest BCUT2D eigenvalue weighted by molar-refractivity contribution is 1.27. The average Bonchev–Trinajstić information content (AvgIpc) is 1.89. The second kappa shape index (κ2) is 5.25. The summed E-state index contributed by atoms with van der Waals surface area (Å²) in [5.41, 5.74) is 6.19. The van der Waals surface area contributed by atoms with Crippen molar-refractivity contribution < 1.29 is 0 Å². The molecule has 2 N–H and O–H groups in total. The molecule has 0 heterocycles. The first-order valence-corrected chi connectivity index (χ1v) is 2.82. The van der Waals surface area contributed by atoms with Crippen LogP contribution < -0.4 is 5.73 Å². The Morgan fingerprint density at radius 1 is 1.78 bits per heavy atom. The third-order valence-electron chi connectivity index (χ3n) is 0.812. The van der Waals surface area contributed by atoms with Gasteiger partial charge in [0.15, 0.2) is 0 Å². The van der Waals surface area contributed by atoms with Crippen molar-refractivity contribution >= 4 is 5.71 Å². The van der Waals surface area contributed by atoms with E-state index in [4.69, 9.17) is 5.73 Å². The van der Waals surface area contributed by atoms with Gasteiger partial charge in [-0.15, -0.1) is 0 Å². The first-order valence-electron chi connectivity index (χ1n) is 2.82. The summed E-state index contributed by atoms with van der Waals surface area (Å²) in [7, 11) is 0. The molecule has 2 heteroatoms. The summed E-state index contributed by atoms with van der Waals surface area (Å²) in [6, 6.07) is 0. The van der Waals surface area contributed by atoms with Gasteiger partial charge in [0, 0.05) is 18.5 Å². The highest BCUT2D eigenvalue weighted by atomic mass is 14.7. The van der Waals surface area contributed by atoms with Crippen LogP contribution in [0.4, 0.5) is 0 Å². The molecular weight excluding hydrogens is 112 g/mol. The Morgan fingerprint density at radius 3 is 2.89 bits per heavy atom. The maximum absolute atomic E-state index is 5.26. The summed E-state index contributed by atoms with van der Waals surface area (Å²) in [5, 5.41) is 0. The Bertz CT molecular complexity index is 134. The van der Waals surface area contributed by atoms with Gasteiger partial charge in [0.2, 0.25) is 0 Å². The van der Waals surface area contributed by atoms with Gasteiger partial charge in [0.05, 0.1) is 0 Å². The molecule has 0 radical (unpaired) electrons. The van der Waals surface area contributed by atoms with E-state index in [1.54, 1.807) is 18.4 Å². The molecule has 0 aliphatic carbocycles. The zero-order valence-electron chi connectivity index (χ0n) is 5.67. The summed E-state index contributed by atoms with van der Waals surface area (Å²) in [6.07, 6.45) is 5.11. The van der Waals surface area contributed by atoms with Gasteiger partial charge in [-0.1, -0.05) is 12.7 Å². The maximum atomic E-state index is 5.26. The van der Waals surface area contributed by atoms with E-state index in [1.165, 1.54) is 0 Å². The van der Waals surface area contributed by atoms with E-state index in [2.05, 4.69) is 11.6 Å². The highest BCUT2D eigenvalue weighted by Crippen LogP contribution is 1.78. The van der Waals surface area contributed by atoms with E-state index in [-0.39, 0.29) is 0 Å². The molecule has 0 rings (SSSR count). The summed E-state index contributed by atoms with van der Waals surface area (Å²) < 4.78 is 0. The first-order chi connectivity index (χ1) is 4.31. The van der Waals surface area contributed by atoms with Gasteiger partial charge in [0.25, 0.3) is 0 Å². The fourth-order valence-corrected chi connectivity index (χ4v) is 0.284. The van der Waals surface area contributed by atoms with Gasteiger partial charge in [-0.2, -0.15) is 0 Å². The average molecular weight is 124 g/mol. The summed E-state index contributed by atoms with van der Waals surface area (Å²) >= 11 is 0. The minimum Gasteiger partial charge on any atom is -0.325 e. The Morgan fingerprint density at radius 2 is 2.44 bits per heavy atom. The fraction of sp³-hybridized carbons (Fsp3) is 0.286. The molecule has 0 fully saturated rings. The molecule has 0 aromatic rings. The molecule has 0 unspecified atom stereocenters. The van der Waals surface area contributed by atoms with Crippen LogP contribution in [0.25, 0.3) is 0 Å². The number of hydrogen-bond donors (Lipinski definition) is 1. The van der Waals surface area contributed by atoms with Crippen LogP contribution in [0.5, 0.6) is 0 Å². The molecule has 50 valence electrons. The van der Waals surface area contributed by atoms with Gasteiger partial charge >= 0.3 is 0 Å². The number of allylic oxidation sites excluding steroid dienone is 2. The van der Waals surface area contributed by atoms with E-state index < -0.39 is 0 Å².